The Balaban J connectivity index is 1.25. The first kappa shape index (κ1) is 19.5. The molecule has 160 valence electrons. The van der Waals surface area contributed by atoms with Gasteiger partial charge in [-0.3, -0.25) is 0 Å². The van der Waals surface area contributed by atoms with E-state index in [2.05, 4.69) is 44.0 Å². The summed E-state index contributed by atoms with van der Waals surface area (Å²) in [6, 6.07) is 12.3. The van der Waals surface area contributed by atoms with Gasteiger partial charge in [0.25, 0.3) is 0 Å². The van der Waals surface area contributed by atoms with Gasteiger partial charge in [0.1, 0.15) is 17.6 Å². The van der Waals surface area contributed by atoms with Crippen LogP contribution in [0.25, 0.3) is 11.3 Å². The van der Waals surface area contributed by atoms with Crippen LogP contribution >= 0.6 is 27.9 Å². The molecule has 1 saturated heterocycles. The normalized spacial score (nSPS) is 18.1. The molecule has 8 heteroatoms. The van der Waals surface area contributed by atoms with Crippen LogP contribution in [0.3, 0.4) is 0 Å². The van der Waals surface area contributed by atoms with E-state index in [0.717, 1.165) is 50.0 Å². The van der Waals surface area contributed by atoms with E-state index in [-0.39, 0.29) is 11.5 Å². The molecule has 1 N–H and O–H groups in total. The number of methoxy groups -OCH3 is 1. The molecule has 2 heterocycles. The maximum absolute atomic E-state index is 5.88. The lowest BCUT2D eigenvalue weighted by molar-refractivity contribution is -0.0797. The van der Waals surface area contributed by atoms with Crippen LogP contribution in [0.5, 0.6) is 11.5 Å². The van der Waals surface area contributed by atoms with Gasteiger partial charge in [0.15, 0.2) is 11.6 Å². The molecule has 2 aliphatic carbocycles. The van der Waals surface area contributed by atoms with Gasteiger partial charge in [-0.1, -0.05) is 27.2 Å². The second-order valence-electron chi connectivity index (χ2n) is 8.28. The smallest absolute Gasteiger partial charge is 0.183 e. The fraction of sp³-hybridized carbons (Fsp3) is 0.348. The Bertz CT molecular complexity index is 1160. The van der Waals surface area contributed by atoms with Crippen molar-refractivity contribution in [3.05, 3.63) is 52.0 Å². The number of nitrogens with one attached hydrogen (secondary N) is 1. The topological polar surface area (TPSA) is 65.8 Å². The summed E-state index contributed by atoms with van der Waals surface area (Å²) in [7, 11) is 1.67. The summed E-state index contributed by atoms with van der Waals surface area (Å²) in [6.45, 7) is 1.28. The standard InChI is InChI=1S/C23H21BrN2O4S/c1-27-19-9-14(29-15-11-28-12-15)3-5-20(19)31-26-22-17-10-23(6-7-23)18-4-2-13(24)8-16(18)21(17)30-25-22/h2-5,8-9,15H,6-7,10-12H2,1H3,(H,25,26). The number of rotatable bonds is 6. The zero-order valence-electron chi connectivity index (χ0n) is 16.9. The molecular weight excluding hydrogens is 480 g/mol. The van der Waals surface area contributed by atoms with Crippen molar-refractivity contribution in [1.29, 1.82) is 0 Å². The Labute approximate surface area is 192 Å². The molecule has 2 fully saturated rings. The number of anilines is 1. The summed E-state index contributed by atoms with van der Waals surface area (Å²) < 4.78 is 26.9. The van der Waals surface area contributed by atoms with Gasteiger partial charge in [-0.05, 0) is 61.0 Å². The van der Waals surface area contributed by atoms with Crippen molar-refractivity contribution in [3.63, 3.8) is 0 Å². The van der Waals surface area contributed by atoms with Gasteiger partial charge in [0.05, 0.1) is 25.2 Å². The highest BCUT2D eigenvalue weighted by atomic mass is 79.9. The lowest BCUT2D eigenvalue weighted by Crippen LogP contribution is -2.38. The molecule has 6 nitrogen and oxygen atoms in total. The number of benzene rings is 2. The third-order valence-electron chi connectivity index (χ3n) is 6.26. The number of nitrogens with zero attached hydrogens (tertiary/aromatic N) is 1. The molecule has 31 heavy (non-hydrogen) atoms. The number of hydrogen-bond acceptors (Lipinski definition) is 7. The van der Waals surface area contributed by atoms with Gasteiger partial charge < -0.3 is 23.5 Å². The SMILES string of the molecule is COc1cc(OC2COC2)ccc1SNc1noc2c1CC1(CC1)c1ccc(Br)cc1-2. The minimum absolute atomic E-state index is 0.126. The Morgan fingerprint density at radius 1 is 1.19 bits per heavy atom. The van der Waals surface area contributed by atoms with Gasteiger partial charge in [0.2, 0.25) is 0 Å². The van der Waals surface area contributed by atoms with Crippen LogP contribution in [0.4, 0.5) is 5.82 Å². The number of hydrogen-bond donors (Lipinski definition) is 1. The Hall–Kier alpha value is -2.16. The number of fused-ring (bicyclic) bond motifs is 4. The van der Waals surface area contributed by atoms with Gasteiger partial charge in [-0.2, -0.15) is 0 Å². The van der Waals surface area contributed by atoms with Gasteiger partial charge >= 0.3 is 0 Å². The Morgan fingerprint density at radius 2 is 2.06 bits per heavy atom. The first-order chi connectivity index (χ1) is 15.1. The minimum atomic E-state index is 0.126. The summed E-state index contributed by atoms with van der Waals surface area (Å²) in [6.07, 6.45) is 3.50. The van der Waals surface area contributed by atoms with Crippen LogP contribution in [0.1, 0.15) is 24.0 Å². The molecule has 0 radical (unpaired) electrons. The maximum atomic E-state index is 5.88. The van der Waals surface area contributed by atoms with Crippen molar-refractivity contribution in [2.75, 3.05) is 25.0 Å². The molecule has 0 amide bonds. The third-order valence-corrected chi connectivity index (χ3v) is 7.60. The monoisotopic (exact) mass is 500 g/mol. The predicted octanol–water partition coefficient (Wildman–Crippen LogP) is 5.60. The largest absolute Gasteiger partial charge is 0.495 e. The lowest BCUT2D eigenvalue weighted by atomic mass is 9.79. The van der Waals surface area contributed by atoms with Crippen LogP contribution in [0.15, 0.2) is 50.3 Å². The number of ether oxygens (including phenoxy) is 3. The van der Waals surface area contributed by atoms with Crippen LogP contribution in [0.2, 0.25) is 0 Å². The average molecular weight is 501 g/mol. The van der Waals surface area contributed by atoms with Crippen molar-refractivity contribution in [2.24, 2.45) is 0 Å². The second kappa shape index (κ2) is 7.46. The maximum Gasteiger partial charge on any atom is 0.183 e. The summed E-state index contributed by atoms with van der Waals surface area (Å²) in [5, 5.41) is 4.36. The first-order valence-electron chi connectivity index (χ1n) is 10.3. The zero-order chi connectivity index (χ0) is 21.0. The van der Waals surface area contributed by atoms with Crippen LogP contribution in [-0.4, -0.2) is 31.6 Å². The highest BCUT2D eigenvalue weighted by Gasteiger charge is 2.50. The average Bonchev–Trinajstić information content (AvgIpc) is 3.40. The molecule has 6 rings (SSSR count). The molecule has 3 aromatic rings. The van der Waals surface area contributed by atoms with E-state index in [1.165, 1.54) is 30.4 Å². The summed E-state index contributed by atoms with van der Waals surface area (Å²) in [5.41, 5.74) is 3.92. The Morgan fingerprint density at radius 3 is 2.81 bits per heavy atom. The van der Waals surface area contributed by atoms with Gasteiger partial charge in [-0.25, -0.2) is 0 Å². The molecule has 0 atom stereocenters. The summed E-state index contributed by atoms with van der Waals surface area (Å²) in [4.78, 5) is 0.955. The number of halogens is 1. The fourth-order valence-corrected chi connectivity index (χ4v) is 5.45. The number of aromatic nitrogens is 1. The van der Waals surface area contributed by atoms with Crippen LogP contribution in [-0.2, 0) is 16.6 Å². The molecule has 3 aliphatic rings. The van der Waals surface area contributed by atoms with E-state index >= 15 is 0 Å². The van der Waals surface area contributed by atoms with Gasteiger partial charge in [0, 0.05) is 27.1 Å². The fourth-order valence-electron chi connectivity index (χ4n) is 4.35. The minimum Gasteiger partial charge on any atom is -0.495 e. The van der Waals surface area contributed by atoms with Crippen molar-refractivity contribution in [3.8, 4) is 22.8 Å². The van der Waals surface area contributed by atoms with E-state index in [1.807, 2.05) is 18.2 Å². The third kappa shape index (κ3) is 3.41. The molecule has 1 saturated carbocycles. The first-order valence-corrected chi connectivity index (χ1v) is 11.9. The molecule has 1 aliphatic heterocycles. The quantitative estimate of drug-likeness (QED) is 0.442. The molecule has 2 aromatic carbocycles. The molecule has 1 spiro atoms. The predicted molar refractivity (Wildman–Crippen MR) is 122 cm³/mol. The molecule has 0 bridgehead atoms. The lowest BCUT2D eigenvalue weighted by Gasteiger charge is -2.27. The van der Waals surface area contributed by atoms with E-state index in [4.69, 9.17) is 18.7 Å². The van der Waals surface area contributed by atoms with Crippen molar-refractivity contribution in [2.45, 2.75) is 35.7 Å². The van der Waals surface area contributed by atoms with E-state index in [1.54, 1.807) is 7.11 Å². The van der Waals surface area contributed by atoms with Crippen molar-refractivity contribution >= 4 is 33.7 Å². The molecular formula is C23H21BrN2O4S. The summed E-state index contributed by atoms with van der Waals surface area (Å²) in [5.74, 6) is 3.19. The second-order valence-corrected chi connectivity index (χ2v) is 10.0. The van der Waals surface area contributed by atoms with Crippen molar-refractivity contribution in [1.82, 2.24) is 5.16 Å². The van der Waals surface area contributed by atoms with Crippen LogP contribution < -0.4 is 14.2 Å². The highest BCUT2D eigenvalue weighted by molar-refractivity contribution is 9.10. The highest BCUT2D eigenvalue weighted by Crippen LogP contribution is 2.58. The molecule has 1 aromatic heterocycles. The summed E-state index contributed by atoms with van der Waals surface area (Å²) >= 11 is 5.07. The van der Waals surface area contributed by atoms with Crippen molar-refractivity contribution < 1.29 is 18.7 Å². The zero-order valence-corrected chi connectivity index (χ0v) is 19.3. The van der Waals surface area contributed by atoms with E-state index < -0.39 is 0 Å². The Kier molecular flexibility index (Phi) is 4.70. The molecule has 0 unspecified atom stereocenters. The van der Waals surface area contributed by atoms with E-state index in [0.29, 0.717) is 13.2 Å². The van der Waals surface area contributed by atoms with Crippen LogP contribution in [0, 0.1) is 0 Å². The van der Waals surface area contributed by atoms with Gasteiger partial charge in [-0.15, -0.1) is 0 Å². The van der Waals surface area contributed by atoms with E-state index in [9.17, 15) is 0 Å².